The zero-order chi connectivity index (χ0) is 26.2. The van der Waals surface area contributed by atoms with E-state index in [9.17, 15) is 0 Å². The van der Waals surface area contributed by atoms with Gasteiger partial charge in [0.2, 0.25) is 4.99 Å². The second-order valence-corrected chi connectivity index (χ2v) is 10.8. The molecule has 1 unspecified atom stereocenters. The van der Waals surface area contributed by atoms with Crippen molar-refractivity contribution in [2.75, 3.05) is 10.0 Å². The van der Waals surface area contributed by atoms with Crippen LogP contribution in [0.5, 0.6) is 0 Å². The number of nitrogens with zero attached hydrogens (tertiary/aromatic N) is 4. The van der Waals surface area contributed by atoms with Gasteiger partial charge in [0.1, 0.15) is 5.04 Å². The molecule has 188 valence electrons. The van der Waals surface area contributed by atoms with Gasteiger partial charge in [-0.25, -0.2) is 10.0 Å². The Morgan fingerprint density at radius 2 is 1.13 bits per heavy atom. The summed E-state index contributed by atoms with van der Waals surface area (Å²) in [6, 6.07) is 48.4. The molecule has 0 aromatic heterocycles. The molecule has 0 bridgehead atoms. The molecule has 2 aliphatic heterocycles. The molecule has 0 saturated carbocycles. The number of benzene rings is 5. The summed E-state index contributed by atoms with van der Waals surface area (Å²) in [6.45, 7) is 2.12. The first-order valence-corrected chi connectivity index (χ1v) is 13.8. The third-order valence-electron chi connectivity index (χ3n) is 7.05. The van der Waals surface area contributed by atoms with Crippen molar-refractivity contribution in [2.45, 2.75) is 11.9 Å². The predicted octanol–water partition coefficient (Wildman–Crippen LogP) is 7.99. The number of hydrogen-bond acceptors (Lipinski definition) is 5. The average Bonchev–Trinajstić information content (AvgIpc) is 3.40. The molecular weight excluding hydrogens is 496 g/mol. The first kappa shape index (κ1) is 23.5. The number of hydrazone groups is 2. The van der Waals surface area contributed by atoms with E-state index in [0.717, 1.165) is 44.4 Å². The Morgan fingerprint density at radius 3 is 1.79 bits per heavy atom. The molecule has 1 atom stereocenters. The van der Waals surface area contributed by atoms with Crippen molar-refractivity contribution >= 4 is 33.9 Å². The molecule has 5 aromatic carbocycles. The number of anilines is 2. The number of thioether (sulfide) groups is 1. The normalized spacial score (nSPS) is 18.1. The maximum atomic E-state index is 5.46. The van der Waals surface area contributed by atoms with E-state index in [1.807, 2.05) is 18.2 Å². The minimum absolute atomic E-state index is 0.780. The lowest BCUT2D eigenvalue weighted by molar-refractivity contribution is 0.550. The van der Waals surface area contributed by atoms with Crippen molar-refractivity contribution in [2.24, 2.45) is 10.2 Å². The zero-order valence-corrected chi connectivity index (χ0v) is 22.3. The predicted molar refractivity (Wildman–Crippen MR) is 163 cm³/mol. The van der Waals surface area contributed by atoms with Crippen LogP contribution in [-0.2, 0) is 4.99 Å². The van der Waals surface area contributed by atoms with Crippen molar-refractivity contribution in [3.63, 3.8) is 0 Å². The molecule has 5 aromatic rings. The Labute approximate surface area is 232 Å². The van der Waals surface area contributed by atoms with Crippen LogP contribution in [0.25, 0.3) is 0 Å². The molecule has 0 saturated heterocycles. The zero-order valence-electron chi connectivity index (χ0n) is 21.5. The molecule has 4 nitrogen and oxygen atoms in total. The summed E-state index contributed by atoms with van der Waals surface area (Å²) in [7, 11) is 0. The Hall–Kier alpha value is -4.61. The van der Waals surface area contributed by atoms with Crippen molar-refractivity contribution in [1.82, 2.24) is 0 Å². The van der Waals surface area contributed by atoms with Gasteiger partial charge >= 0.3 is 0 Å². The highest BCUT2D eigenvalue weighted by molar-refractivity contribution is 8.15. The Bertz CT molecular complexity index is 1700. The number of rotatable bonds is 4. The summed E-state index contributed by atoms with van der Waals surface area (Å²) in [4.78, 5) is -0.780. The quantitative estimate of drug-likeness (QED) is 0.240. The van der Waals surface area contributed by atoms with Gasteiger partial charge < -0.3 is 0 Å². The van der Waals surface area contributed by atoms with Gasteiger partial charge in [-0.2, -0.15) is 10.2 Å². The van der Waals surface area contributed by atoms with E-state index in [0.29, 0.717) is 0 Å². The van der Waals surface area contributed by atoms with Gasteiger partial charge in [-0.15, -0.1) is 0 Å². The summed E-state index contributed by atoms with van der Waals surface area (Å²) in [5, 5.41) is 16.0. The average molecular weight is 523 g/mol. The second-order valence-electron chi connectivity index (χ2n) is 9.64. The third kappa shape index (κ3) is 3.94. The van der Waals surface area contributed by atoms with Gasteiger partial charge in [0.25, 0.3) is 0 Å². The van der Waals surface area contributed by atoms with Gasteiger partial charge in [-0.05, 0) is 49.0 Å². The van der Waals surface area contributed by atoms with Crippen LogP contribution in [-0.4, -0.2) is 10.8 Å². The van der Waals surface area contributed by atoms with Gasteiger partial charge in [-0.1, -0.05) is 115 Å². The van der Waals surface area contributed by atoms with Crippen molar-refractivity contribution in [1.29, 1.82) is 0 Å². The van der Waals surface area contributed by atoms with E-state index in [1.165, 1.54) is 5.56 Å². The number of hydrogen-bond donors (Lipinski definition) is 0. The minimum Gasteiger partial charge on any atom is -0.223 e. The van der Waals surface area contributed by atoms with Gasteiger partial charge in [0.15, 0.2) is 0 Å². The first-order valence-electron chi connectivity index (χ1n) is 13.0. The summed E-state index contributed by atoms with van der Waals surface area (Å²) in [6.07, 6.45) is 0. The SMILES string of the molecule is Cc1cccc(C2=NN(c3ccccc3)C3(SC(c4ccccc4)=NN3c3ccccc3)c3ccccc32)c1. The molecule has 39 heavy (non-hydrogen) atoms. The highest BCUT2D eigenvalue weighted by Gasteiger charge is 2.55. The molecule has 0 amide bonds. The largest absolute Gasteiger partial charge is 0.234 e. The van der Waals surface area contributed by atoms with Gasteiger partial charge in [-0.3, -0.25) is 0 Å². The lowest BCUT2D eigenvalue weighted by Gasteiger charge is -2.47. The van der Waals surface area contributed by atoms with Crippen molar-refractivity contribution in [3.05, 3.63) is 167 Å². The first-order chi connectivity index (χ1) is 19.2. The third-order valence-corrected chi connectivity index (χ3v) is 8.41. The maximum absolute atomic E-state index is 5.46. The minimum atomic E-state index is -0.780. The van der Waals surface area contributed by atoms with Crippen LogP contribution in [0.3, 0.4) is 0 Å². The van der Waals surface area contributed by atoms with Crippen LogP contribution in [0.2, 0.25) is 0 Å². The van der Waals surface area contributed by atoms with Crippen LogP contribution in [0, 0.1) is 6.92 Å². The van der Waals surface area contributed by atoms with Crippen LogP contribution in [0.4, 0.5) is 11.4 Å². The molecule has 0 fully saturated rings. The van der Waals surface area contributed by atoms with E-state index < -0.39 is 4.99 Å². The summed E-state index contributed by atoms with van der Waals surface area (Å²) in [5.41, 5.74) is 8.57. The molecule has 7 rings (SSSR count). The fourth-order valence-electron chi connectivity index (χ4n) is 5.28. The highest BCUT2D eigenvalue weighted by atomic mass is 32.2. The van der Waals surface area contributed by atoms with Crippen LogP contribution < -0.4 is 10.0 Å². The van der Waals surface area contributed by atoms with Crippen molar-refractivity contribution in [3.8, 4) is 0 Å². The van der Waals surface area contributed by atoms with E-state index in [-0.39, 0.29) is 0 Å². The summed E-state index contributed by atoms with van der Waals surface area (Å²) >= 11 is 1.73. The van der Waals surface area contributed by atoms with Crippen LogP contribution in [0.15, 0.2) is 150 Å². The van der Waals surface area contributed by atoms with Gasteiger partial charge in [0, 0.05) is 22.3 Å². The van der Waals surface area contributed by atoms with E-state index in [1.54, 1.807) is 11.8 Å². The van der Waals surface area contributed by atoms with Crippen molar-refractivity contribution < 1.29 is 0 Å². The monoisotopic (exact) mass is 522 g/mol. The molecule has 1 spiro atoms. The smallest absolute Gasteiger partial charge is 0.223 e. The number of aryl methyl sites for hydroxylation is 1. The van der Waals surface area contributed by atoms with E-state index in [4.69, 9.17) is 10.2 Å². The highest BCUT2D eigenvalue weighted by Crippen LogP contribution is 2.55. The van der Waals surface area contributed by atoms with Gasteiger partial charge in [0.05, 0.1) is 17.1 Å². The second kappa shape index (κ2) is 9.61. The van der Waals surface area contributed by atoms with Crippen LogP contribution in [0.1, 0.15) is 27.8 Å². The van der Waals surface area contributed by atoms with E-state index in [2.05, 4.69) is 138 Å². The molecular formula is C34H26N4S. The Balaban J connectivity index is 1.53. The molecule has 2 heterocycles. The van der Waals surface area contributed by atoms with Crippen LogP contribution >= 0.6 is 11.8 Å². The molecule has 0 aliphatic carbocycles. The lowest BCUT2D eigenvalue weighted by Crippen LogP contribution is -2.54. The fourth-order valence-corrected chi connectivity index (χ4v) is 6.67. The Kier molecular flexibility index (Phi) is 5.79. The lowest BCUT2D eigenvalue weighted by atomic mass is 9.92. The fraction of sp³-hybridized carbons (Fsp3) is 0.0588. The molecule has 2 aliphatic rings. The summed E-state index contributed by atoms with van der Waals surface area (Å²) in [5.74, 6) is 0. The molecule has 0 radical (unpaired) electrons. The topological polar surface area (TPSA) is 31.2 Å². The van der Waals surface area contributed by atoms with E-state index >= 15 is 0 Å². The maximum Gasteiger partial charge on any atom is 0.234 e. The number of para-hydroxylation sites is 2. The summed E-state index contributed by atoms with van der Waals surface area (Å²) < 4.78 is 0. The Morgan fingerprint density at radius 1 is 0.564 bits per heavy atom. The standard InChI is InChI=1S/C34H26N4S/c1-25-14-13-17-27(24-25)32-30-22-11-12-23-31(30)34(37(35-32)28-18-7-3-8-19-28)38(29-20-9-4-10-21-29)36-33(39-34)26-15-5-2-6-16-26/h2-24H,1H3. The molecule has 5 heteroatoms. The molecule has 0 N–H and O–H groups in total. The number of fused-ring (bicyclic) bond motifs is 2.